The highest BCUT2D eigenvalue weighted by molar-refractivity contribution is 7.43. The van der Waals surface area contributed by atoms with E-state index < -0.39 is 75.6 Å². The topological polar surface area (TPSA) is 218 Å². The third-order valence-corrected chi connectivity index (χ3v) is 9.25. The zero-order chi connectivity index (χ0) is 35.8. The van der Waals surface area contributed by atoms with E-state index in [1.54, 1.807) is 0 Å². The normalized spacial score (nSPS) is 22.7. The quantitative estimate of drug-likeness (QED) is 0.0427. The maximum atomic E-state index is 12.9. The van der Waals surface area contributed by atoms with Crippen LogP contribution in [-0.2, 0) is 28.2 Å². The van der Waals surface area contributed by atoms with Crippen LogP contribution >= 0.6 is 7.82 Å². The molecule has 0 unspecified atom stereocenters. The molecule has 0 radical (unpaired) electrons. The average Bonchev–Trinajstić information content (AvgIpc) is 3.01. The first-order valence-electron chi connectivity index (χ1n) is 18.4. The van der Waals surface area contributed by atoms with Crippen molar-refractivity contribution in [2.24, 2.45) is 0 Å². The van der Waals surface area contributed by atoms with Gasteiger partial charge in [-0.15, -0.1) is 0 Å². The SMILES string of the molecule is CCCCCCCCCCC[C@@H](O)CC(=O)N[C@H]1[C@@H](OP(=O)([O-])[O-])O[C@H](CO)[C@@H](O)[C@@H]1OC(=O)C[C@H](O)CCCCCCCCCCC. The molecule has 1 aliphatic rings. The van der Waals surface area contributed by atoms with Gasteiger partial charge in [0.25, 0.3) is 0 Å². The van der Waals surface area contributed by atoms with E-state index in [4.69, 9.17) is 9.47 Å². The highest BCUT2D eigenvalue weighted by atomic mass is 31.2. The Morgan fingerprint density at radius 1 is 0.771 bits per heavy atom. The maximum Gasteiger partial charge on any atom is 0.308 e. The van der Waals surface area contributed by atoms with E-state index in [1.807, 2.05) is 0 Å². The number of phosphoric acid groups is 1. The molecule has 13 nitrogen and oxygen atoms in total. The molecule has 14 heteroatoms. The number of unbranched alkanes of at least 4 members (excludes halogenated alkanes) is 16. The molecule has 0 aromatic heterocycles. The Bertz CT molecular complexity index is 890. The number of aliphatic hydroxyl groups excluding tert-OH is 4. The highest BCUT2D eigenvalue weighted by Gasteiger charge is 2.49. The molecule has 1 heterocycles. The lowest BCUT2D eigenvalue weighted by molar-refractivity contribution is -0.362. The van der Waals surface area contributed by atoms with Gasteiger partial charge in [0.05, 0.1) is 39.5 Å². The van der Waals surface area contributed by atoms with Gasteiger partial charge in [-0.3, -0.25) is 9.59 Å². The zero-order valence-electron chi connectivity index (χ0n) is 29.3. The summed E-state index contributed by atoms with van der Waals surface area (Å²) < 4.78 is 26.7. The first-order chi connectivity index (χ1) is 22.9. The highest BCUT2D eigenvalue weighted by Crippen LogP contribution is 2.34. The van der Waals surface area contributed by atoms with Gasteiger partial charge in [0.2, 0.25) is 5.91 Å². The van der Waals surface area contributed by atoms with Crippen molar-refractivity contribution in [1.29, 1.82) is 0 Å². The number of hydrogen-bond donors (Lipinski definition) is 5. The lowest BCUT2D eigenvalue weighted by Crippen LogP contribution is -2.66. The molecule has 0 aromatic carbocycles. The van der Waals surface area contributed by atoms with Crippen molar-refractivity contribution in [1.82, 2.24) is 5.32 Å². The van der Waals surface area contributed by atoms with Crippen LogP contribution < -0.4 is 15.1 Å². The Kier molecular flexibility index (Phi) is 24.9. The van der Waals surface area contributed by atoms with E-state index in [9.17, 15) is 44.4 Å². The minimum Gasteiger partial charge on any atom is -0.790 e. The molecule has 0 aromatic rings. The number of carbonyl (C=O) groups excluding carboxylic acids is 2. The lowest BCUT2D eigenvalue weighted by Gasteiger charge is -2.46. The first-order valence-corrected chi connectivity index (χ1v) is 19.9. The third-order valence-electron chi connectivity index (χ3n) is 8.79. The van der Waals surface area contributed by atoms with E-state index >= 15 is 0 Å². The van der Waals surface area contributed by atoms with Gasteiger partial charge < -0.3 is 54.1 Å². The second kappa shape index (κ2) is 26.6. The summed E-state index contributed by atoms with van der Waals surface area (Å²) in [5.41, 5.74) is 0. The van der Waals surface area contributed by atoms with Crippen LogP contribution in [0.2, 0.25) is 0 Å². The van der Waals surface area contributed by atoms with Crippen LogP contribution in [0.15, 0.2) is 0 Å². The smallest absolute Gasteiger partial charge is 0.308 e. The molecule has 1 saturated heterocycles. The summed E-state index contributed by atoms with van der Waals surface area (Å²) in [7, 11) is -5.71. The van der Waals surface area contributed by atoms with Crippen molar-refractivity contribution < 1.29 is 58.4 Å². The molecule has 48 heavy (non-hydrogen) atoms. The van der Waals surface area contributed by atoms with Gasteiger partial charge in [-0.2, -0.15) is 0 Å². The fourth-order valence-electron chi connectivity index (χ4n) is 6.01. The predicted octanol–water partition coefficient (Wildman–Crippen LogP) is 3.65. The molecule has 1 rings (SSSR count). The van der Waals surface area contributed by atoms with Gasteiger partial charge in [-0.1, -0.05) is 129 Å². The summed E-state index contributed by atoms with van der Waals surface area (Å²) in [6.07, 6.45) is 10.5. The van der Waals surface area contributed by atoms with Gasteiger partial charge in [0, 0.05) is 0 Å². The Morgan fingerprint density at radius 2 is 1.21 bits per heavy atom. The largest absolute Gasteiger partial charge is 0.790 e. The van der Waals surface area contributed by atoms with Crippen molar-refractivity contribution in [2.45, 2.75) is 198 Å². The summed E-state index contributed by atoms with van der Waals surface area (Å²) in [6.45, 7) is 3.50. The number of phosphoric ester groups is 1. The molecule has 5 N–H and O–H groups in total. The van der Waals surface area contributed by atoms with Crippen LogP contribution in [0.3, 0.4) is 0 Å². The molecule has 0 spiro atoms. The Labute approximate surface area is 287 Å². The standard InChI is InChI=1S/C34H66NO12P/c1-3-5-7-9-11-13-15-17-19-21-26(37)23-29(39)35-31-33(32(41)28(25-36)45-34(31)47-48(42,43)44)46-30(40)24-27(38)22-20-18-16-14-12-10-8-6-4-2/h26-28,31-34,36-38,41H,3-25H2,1-2H3,(H,35,39)(H2,42,43,44)/p-2/t26-,27-,28-,31-,32-,33-,34-/m1/s1. The minimum absolute atomic E-state index is 0.346. The molecule has 284 valence electrons. The summed E-state index contributed by atoms with van der Waals surface area (Å²) in [6, 6.07) is -1.68. The summed E-state index contributed by atoms with van der Waals surface area (Å²) in [5, 5.41) is 43.8. The Morgan fingerprint density at radius 3 is 1.65 bits per heavy atom. The first kappa shape index (κ1) is 44.9. The van der Waals surface area contributed by atoms with E-state index in [-0.39, 0.29) is 6.42 Å². The number of carbonyl (C=O) groups is 2. The molecule has 0 aliphatic carbocycles. The second-order valence-electron chi connectivity index (χ2n) is 13.3. The number of aliphatic hydroxyl groups is 4. The Hall–Kier alpha value is -1.15. The van der Waals surface area contributed by atoms with Crippen molar-refractivity contribution in [3.63, 3.8) is 0 Å². The van der Waals surface area contributed by atoms with E-state index in [0.29, 0.717) is 25.7 Å². The summed E-state index contributed by atoms with van der Waals surface area (Å²) in [5.74, 6) is -1.73. The average molecular weight is 710 g/mol. The van der Waals surface area contributed by atoms with Gasteiger partial charge in [-0.25, -0.2) is 0 Å². The van der Waals surface area contributed by atoms with Gasteiger partial charge >= 0.3 is 5.97 Å². The summed E-state index contributed by atoms with van der Waals surface area (Å²) in [4.78, 5) is 48.7. The third kappa shape index (κ3) is 21.2. The molecule has 0 bridgehead atoms. The monoisotopic (exact) mass is 709 g/mol. The van der Waals surface area contributed by atoms with Gasteiger partial charge in [0.1, 0.15) is 18.2 Å². The fraction of sp³-hybridized carbons (Fsp3) is 0.941. The molecular weight excluding hydrogens is 645 g/mol. The molecule has 1 amide bonds. The zero-order valence-corrected chi connectivity index (χ0v) is 30.2. The Balaban J connectivity index is 2.70. The fourth-order valence-corrected chi connectivity index (χ4v) is 6.45. The number of rotatable bonds is 29. The van der Waals surface area contributed by atoms with Crippen LogP contribution in [0.4, 0.5) is 0 Å². The second-order valence-corrected chi connectivity index (χ2v) is 14.4. The summed E-state index contributed by atoms with van der Waals surface area (Å²) >= 11 is 0. The van der Waals surface area contributed by atoms with E-state index in [1.165, 1.54) is 64.2 Å². The van der Waals surface area contributed by atoms with Crippen molar-refractivity contribution >= 4 is 19.7 Å². The number of amides is 1. The van der Waals surface area contributed by atoms with Crippen molar-refractivity contribution in [3.8, 4) is 0 Å². The van der Waals surface area contributed by atoms with Gasteiger partial charge in [0.15, 0.2) is 12.4 Å². The van der Waals surface area contributed by atoms with Crippen LogP contribution in [0.25, 0.3) is 0 Å². The minimum atomic E-state index is -5.71. The van der Waals surface area contributed by atoms with Crippen LogP contribution in [0, 0.1) is 0 Å². The molecular formula is C34H64NO12P-2. The maximum absolute atomic E-state index is 12.9. The van der Waals surface area contributed by atoms with Crippen LogP contribution in [0.1, 0.15) is 155 Å². The molecule has 1 aliphatic heterocycles. The van der Waals surface area contributed by atoms with Crippen molar-refractivity contribution in [3.05, 3.63) is 0 Å². The van der Waals surface area contributed by atoms with E-state index in [0.717, 1.165) is 38.5 Å². The number of ether oxygens (including phenoxy) is 2. The number of hydrogen-bond acceptors (Lipinski definition) is 12. The number of nitrogens with one attached hydrogen (secondary N) is 1. The van der Waals surface area contributed by atoms with Crippen molar-refractivity contribution in [2.75, 3.05) is 6.61 Å². The molecule has 7 atom stereocenters. The van der Waals surface area contributed by atoms with Crippen LogP contribution in [-0.4, -0.2) is 81.8 Å². The molecule has 0 saturated carbocycles. The lowest BCUT2D eigenvalue weighted by atomic mass is 9.96. The van der Waals surface area contributed by atoms with Gasteiger partial charge in [-0.05, 0) is 12.8 Å². The van der Waals surface area contributed by atoms with E-state index in [2.05, 4.69) is 23.7 Å². The van der Waals surface area contributed by atoms with Crippen LogP contribution in [0.5, 0.6) is 0 Å². The number of esters is 1. The predicted molar refractivity (Wildman–Crippen MR) is 177 cm³/mol. The molecule has 1 fully saturated rings.